The van der Waals surface area contributed by atoms with Gasteiger partial charge in [-0.15, -0.1) is 0 Å². The summed E-state index contributed by atoms with van der Waals surface area (Å²) < 4.78 is 33.6. The Morgan fingerprint density at radius 2 is 1.38 bits per heavy atom. The Balaban J connectivity index is 1.85. The summed E-state index contributed by atoms with van der Waals surface area (Å²) in [6.07, 6.45) is -0.588. The minimum absolute atomic E-state index is 0.101. The van der Waals surface area contributed by atoms with Gasteiger partial charge in [-0.2, -0.15) is 4.72 Å². The van der Waals surface area contributed by atoms with Gasteiger partial charge >= 0.3 is 6.09 Å². The van der Waals surface area contributed by atoms with Crippen molar-refractivity contribution in [2.24, 2.45) is 0 Å². The number of carbonyl (C=O) groups is 1. The standard InChI is InChI=1S/C22H22N2O4S/c1-2-28-22(25)23-19-13-15-20(16-14-19)29(26,27)24-21(17-9-5-3-6-10-17)18-11-7-4-8-12-18/h3-16,21,24H,2H2,1H3,(H,23,25). The quantitative estimate of drug-likeness (QED) is 0.607. The third-order valence-corrected chi connectivity index (χ3v) is 5.66. The first-order chi connectivity index (χ1) is 14.0. The molecule has 0 aliphatic heterocycles. The number of hydrogen-bond acceptors (Lipinski definition) is 4. The predicted molar refractivity (Wildman–Crippen MR) is 112 cm³/mol. The topological polar surface area (TPSA) is 84.5 Å². The summed E-state index contributed by atoms with van der Waals surface area (Å²) in [5, 5.41) is 2.54. The molecule has 3 rings (SSSR count). The van der Waals surface area contributed by atoms with E-state index in [0.717, 1.165) is 11.1 Å². The van der Waals surface area contributed by atoms with Gasteiger partial charge in [-0.1, -0.05) is 60.7 Å². The first kappa shape index (κ1) is 20.6. The Labute approximate surface area is 170 Å². The van der Waals surface area contributed by atoms with Gasteiger partial charge in [-0.3, -0.25) is 5.32 Å². The molecule has 6 nitrogen and oxygen atoms in total. The van der Waals surface area contributed by atoms with E-state index in [-0.39, 0.29) is 11.5 Å². The summed E-state index contributed by atoms with van der Waals surface area (Å²) in [6, 6.07) is 24.2. The Morgan fingerprint density at radius 3 is 1.86 bits per heavy atom. The third-order valence-electron chi connectivity index (χ3n) is 4.23. The highest BCUT2D eigenvalue weighted by atomic mass is 32.2. The van der Waals surface area contributed by atoms with E-state index in [1.54, 1.807) is 6.92 Å². The summed E-state index contributed by atoms with van der Waals surface area (Å²) in [7, 11) is -3.81. The molecule has 7 heteroatoms. The van der Waals surface area contributed by atoms with Crippen LogP contribution in [0.15, 0.2) is 89.8 Å². The first-order valence-corrected chi connectivity index (χ1v) is 10.6. The lowest BCUT2D eigenvalue weighted by Gasteiger charge is -2.20. The molecule has 0 aromatic heterocycles. The Hall–Kier alpha value is -3.16. The SMILES string of the molecule is CCOC(=O)Nc1ccc(S(=O)(=O)NC(c2ccccc2)c2ccccc2)cc1. The van der Waals surface area contributed by atoms with E-state index < -0.39 is 22.2 Å². The maximum atomic E-state index is 13.0. The van der Waals surface area contributed by atoms with Crippen LogP contribution in [-0.4, -0.2) is 21.1 Å². The van der Waals surface area contributed by atoms with Crippen LogP contribution in [0.3, 0.4) is 0 Å². The van der Waals surface area contributed by atoms with Crippen LogP contribution in [-0.2, 0) is 14.8 Å². The zero-order chi connectivity index (χ0) is 20.7. The molecule has 0 unspecified atom stereocenters. The van der Waals surface area contributed by atoms with Gasteiger partial charge in [0.1, 0.15) is 0 Å². The molecule has 0 atom stereocenters. The van der Waals surface area contributed by atoms with Crippen molar-refractivity contribution >= 4 is 21.8 Å². The minimum Gasteiger partial charge on any atom is -0.450 e. The van der Waals surface area contributed by atoms with Crippen molar-refractivity contribution in [2.75, 3.05) is 11.9 Å². The number of amides is 1. The summed E-state index contributed by atoms with van der Waals surface area (Å²) >= 11 is 0. The number of anilines is 1. The van der Waals surface area contributed by atoms with E-state index >= 15 is 0 Å². The molecule has 0 spiro atoms. The van der Waals surface area contributed by atoms with E-state index in [1.807, 2.05) is 60.7 Å². The molecule has 0 saturated carbocycles. The molecule has 0 radical (unpaired) electrons. The Bertz CT molecular complexity index is 998. The molecular formula is C22H22N2O4S. The van der Waals surface area contributed by atoms with Gasteiger partial charge in [0.2, 0.25) is 10.0 Å². The number of ether oxygens (including phenoxy) is 1. The summed E-state index contributed by atoms with van der Waals surface area (Å²) in [5.41, 5.74) is 2.12. The van der Waals surface area contributed by atoms with Crippen LogP contribution in [0.1, 0.15) is 24.1 Å². The zero-order valence-electron chi connectivity index (χ0n) is 15.9. The molecule has 3 aromatic carbocycles. The smallest absolute Gasteiger partial charge is 0.411 e. The van der Waals surface area contributed by atoms with Crippen LogP contribution in [0.5, 0.6) is 0 Å². The molecule has 0 saturated heterocycles. The van der Waals surface area contributed by atoms with E-state index in [4.69, 9.17) is 4.74 Å². The van der Waals surface area contributed by atoms with Crippen molar-refractivity contribution in [3.8, 4) is 0 Å². The molecule has 1 amide bonds. The number of benzene rings is 3. The van der Waals surface area contributed by atoms with Gasteiger partial charge in [-0.25, -0.2) is 13.2 Å². The van der Waals surface area contributed by atoms with E-state index in [2.05, 4.69) is 10.0 Å². The van der Waals surface area contributed by atoms with Crippen molar-refractivity contribution in [1.82, 2.24) is 4.72 Å². The number of sulfonamides is 1. The summed E-state index contributed by atoms with van der Waals surface area (Å²) in [6.45, 7) is 1.96. The van der Waals surface area contributed by atoms with Crippen LogP contribution in [0.25, 0.3) is 0 Å². The average Bonchev–Trinajstić information content (AvgIpc) is 2.74. The van der Waals surface area contributed by atoms with E-state index in [9.17, 15) is 13.2 Å². The maximum absolute atomic E-state index is 13.0. The fourth-order valence-electron chi connectivity index (χ4n) is 2.85. The second kappa shape index (κ2) is 9.36. The fraction of sp³-hybridized carbons (Fsp3) is 0.136. The number of rotatable bonds is 7. The lowest BCUT2D eigenvalue weighted by Crippen LogP contribution is -2.29. The van der Waals surface area contributed by atoms with Gasteiger partial charge < -0.3 is 4.74 Å². The lowest BCUT2D eigenvalue weighted by atomic mass is 10.00. The van der Waals surface area contributed by atoms with E-state index in [0.29, 0.717) is 5.69 Å². The Kier molecular flexibility index (Phi) is 6.64. The Morgan fingerprint density at radius 1 is 0.862 bits per heavy atom. The van der Waals surface area contributed by atoms with Gasteiger partial charge in [0.25, 0.3) is 0 Å². The molecule has 3 aromatic rings. The molecule has 150 valence electrons. The van der Waals surface area contributed by atoms with Gasteiger partial charge in [0, 0.05) is 5.69 Å². The number of hydrogen-bond donors (Lipinski definition) is 2. The monoisotopic (exact) mass is 410 g/mol. The van der Waals surface area contributed by atoms with Crippen molar-refractivity contribution < 1.29 is 17.9 Å². The van der Waals surface area contributed by atoms with Crippen LogP contribution in [0, 0.1) is 0 Å². The molecule has 0 aliphatic rings. The van der Waals surface area contributed by atoms with Crippen LogP contribution < -0.4 is 10.0 Å². The summed E-state index contributed by atoms with van der Waals surface area (Å²) in [5.74, 6) is 0. The molecule has 0 fully saturated rings. The predicted octanol–water partition coefficient (Wildman–Crippen LogP) is 4.32. The zero-order valence-corrected chi connectivity index (χ0v) is 16.7. The highest BCUT2D eigenvalue weighted by molar-refractivity contribution is 7.89. The van der Waals surface area contributed by atoms with Crippen molar-refractivity contribution in [1.29, 1.82) is 0 Å². The van der Waals surface area contributed by atoms with E-state index in [1.165, 1.54) is 24.3 Å². The molecule has 0 bridgehead atoms. The molecular weight excluding hydrogens is 388 g/mol. The normalized spacial score (nSPS) is 11.2. The average molecular weight is 410 g/mol. The number of nitrogens with one attached hydrogen (secondary N) is 2. The maximum Gasteiger partial charge on any atom is 0.411 e. The van der Waals surface area contributed by atoms with Crippen molar-refractivity contribution in [3.63, 3.8) is 0 Å². The van der Waals surface area contributed by atoms with Gasteiger partial charge in [0.05, 0.1) is 17.5 Å². The lowest BCUT2D eigenvalue weighted by molar-refractivity contribution is 0.168. The van der Waals surface area contributed by atoms with Crippen molar-refractivity contribution in [3.05, 3.63) is 96.1 Å². The second-order valence-electron chi connectivity index (χ2n) is 6.25. The largest absolute Gasteiger partial charge is 0.450 e. The third kappa shape index (κ3) is 5.43. The molecule has 0 aliphatic carbocycles. The van der Waals surface area contributed by atoms with Gasteiger partial charge in [0.15, 0.2) is 0 Å². The molecule has 2 N–H and O–H groups in total. The highest BCUT2D eigenvalue weighted by Crippen LogP contribution is 2.25. The minimum atomic E-state index is -3.81. The second-order valence-corrected chi connectivity index (χ2v) is 7.96. The fourth-order valence-corrected chi connectivity index (χ4v) is 4.06. The molecule has 0 heterocycles. The van der Waals surface area contributed by atoms with Gasteiger partial charge in [-0.05, 0) is 42.3 Å². The van der Waals surface area contributed by atoms with Crippen LogP contribution in [0.4, 0.5) is 10.5 Å². The van der Waals surface area contributed by atoms with Crippen molar-refractivity contribution in [2.45, 2.75) is 17.9 Å². The summed E-state index contributed by atoms with van der Waals surface area (Å²) in [4.78, 5) is 11.6. The van der Waals surface area contributed by atoms with Crippen LogP contribution in [0.2, 0.25) is 0 Å². The highest BCUT2D eigenvalue weighted by Gasteiger charge is 2.22. The van der Waals surface area contributed by atoms with Crippen LogP contribution >= 0.6 is 0 Å². The first-order valence-electron chi connectivity index (χ1n) is 9.15. The molecule has 29 heavy (non-hydrogen) atoms. The number of carbonyl (C=O) groups excluding carboxylic acids is 1.